The van der Waals surface area contributed by atoms with Crippen molar-refractivity contribution >= 4 is 11.6 Å². The van der Waals surface area contributed by atoms with Crippen molar-refractivity contribution in [3.8, 4) is 11.3 Å². The number of nitrogens with two attached hydrogens (primary N) is 1. The predicted octanol–water partition coefficient (Wildman–Crippen LogP) is 5.21. The van der Waals surface area contributed by atoms with Crippen LogP contribution >= 0.6 is 0 Å². The van der Waals surface area contributed by atoms with E-state index in [0.29, 0.717) is 11.6 Å². The van der Waals surface area contributed by atoms with E-state index in [0.717, 1.165) is 36.5 Å². The fraction of sp³-hybridized carbons (Fsp3) is 0.320. The van der Waals surface area contributed by atoms with Gasteiger partial charge in [0.05, 0.1) is 11.9 Å². The van der Waals surface area contributed by atoms with Crippen LogP contribution in [0.5, 0.6) is 0 Å². The molecule has 2 heterocycles. The maximum Gasteiger partial charge on any atom is 0.274 e. The van der Waals surface area contributed by atoms with E-state index in [4.69, 9.17) is 5.73 Å². The molecular weight excluding hydrogens is 410 g/mol. The lowest BCUT2D eigenvalue weighted by Crippen LogP contribution is -2.31. The maximum atomic E-state index is 14.5. The standard InChI is InChI=1S/C25H26F2N4O/c1-14-3-4-20(26)19(11-14)24-21(27)5-6-22(30-24)25(32)31-23-13-29-8-7-18(23)16-9-15(2)10-17(28)12-16/h3-8,11,13,15-17H,9-10,12,28H2,1-2H3,(H,31,32). The van der Waals surface area contributed by atoms with Crippen LogP contribution in [0.25, 0.3) is 11.3 Å². The third kappa shape index (κ3) is 4.67. The number of carbonyl (C=O) groups is 1. The second-order valence-electron chi connectivity index (χ2n) is 8.70. The summed E-state index contributed by atoms with van der Waals surface area (Å²) in [6.07, 6.45) is 6.10. The maximum absolute atomic E-state index is 14.5. The topological polar surface area (TPSA) is 80.9 Å². The molecule has 0 spiro atoms. The zero-order chi connectivity index (χ0) is 22.8. The van der Waals surface area contributed by atoms with Crippen LogP contribution < -0.4 is 11.1 Å². The van der Waals surface area contributed by atoms with E-state index in [2.05, 4.69) is 22.2 Å². The lowest BCUT2D eigenvalue weighted by atomic mass is 9.76. The number of nitrogens with one attached hydrogen (secondary N) is 1. The molecule has 3 N–H and O–H groups in total. The van der Waals surface area contributed by atoms with Crippen LogP contribution in [0, 0.1) is 24.5 Å². The zero-order valence-electron chi connectivity index (χ0n) is 18.1. The monoisotopic (exact) mass is 436 g/mol. The molecule has 1 saturated carbocycles. The minimum atomic E-state index is -0.696. The number of halogens is 2. The van der Waals surface area contributed by atoms with Gasteiger partial charge in [-0.1, -0.05) is 18.6 Å². The lowest BCUT2D eigenvalue weighted by molar-refractivity contribution is 0.102. The molecule has 2 aromatic heterocycles. The number of aromatic nitrogens is 2. The summed E-state index contributed by atoms with van der Waals surface area (Å²) in [7, 11) is 0. The summed E-state index contributed by atoms with van der Waals surface area (Å²) in [4.78, 5) is 21.3. The first-order chi connectivity index (χ1) is 15.3. The predicted molar refractivity (Wildman–Crippen MR) is 120 cm³/mol. The molecule has 0 bridgehead atoms. The van der Waals surface area contributed by atoms with Gasteiger partial charge in [0.1, 0.15) is 23.0 Å². The van der Waals surface area contributed by atoms with Gasteiger partial charge in [0.25, 0.3) is 5.91 Å². The van der Waals surface area contributed by atoms with Crippen LogP contribution in [0.2, 0.25) is 0 Å². The van der Waals surface area contributed by atoms with Crippen LogP contribution in [0.1, 0.15) is 53.7 Å². The van der Waals surface area contributed by atoms with Crippen LogP contribution in [0.3, 0.4) is 0 Å². The van der Waals surface area contributed by atoms with Crippen molar-refractivity contribution in [2.45, 2.75) is 45.1 Å². The number of rotatable bonds is 4. The number of anilines is 1. The molecule has 0 saturated heterocycles. The summed E-state index contributed by atoms with van der Waals surface area (Å²) in [5.74, 6) is -1.10. The highest BCUT2D eigenvalue weighted by Crippen LogP contribution is 2.38. The third-order valence-corrected chi connectivity index (χ3v) is 5.98. The number of carbonyl (C=O) groups excluding carboxylic acids is 1. The highest BCUT2D eigenvalue weighted by Gasteiger charge is 2.27. The van der Waals surface area contributed by atoms with Crippen LogP contribution in [0.15, 0.2) is 48.8 Å². The molecule has 3 unspecified atom stereocenters. The molecule has 1 fully saturated rings. The minimum absolute atomic E-state index is 0.00850. The van der Waals surface area contributed by atoms with E-state index >= 15 is 0 Å². The van der Waals surface area contributed by atoms with E-state index in [-0.39, 0.29) is 28.9 Å². The van der Waals surface area contributed by atoms with E-state index in [1.807, 2.05) is 6.07 Å². The van der Waals surface area contributed by atoms with Crippen molar-refractivity contribution < 1.29 is 13.6 Å². The second kappa shape index (κ2) is 9.12. The first-order valence-electron chi connectivity index (χ1n) is 10.8. The molecule has 1 aliphatic rings. The van der Waals surface area contributed by atoms with Gasteiger partial charge in [0, 0.05) is 17.8 Å². The van der Waals surface area contributed by atoms with E-state index in [1.165, 1.54) is 18.2 Å². The third-order valence-electron chi connectivity index (χ3n) is 5.98. The van der Waals surface area contributed by atoms with Gasteiger partial charge in [0.2, 0.25) is 0 Å². The normalized spacial score (nSPS) is 20.7. The Balaban J connectivity index is 1.63. The molecule has 32 heavy (non-hydrogen) atoms. The number of amides is 1. The summed E-state index contributed by atoms with van der Waals surface area (Å²) in [5.41, 5.74) is 8.36. The first kappa shape index (κ1) is 22.0. The first-order valence-corrected chi connectivity index (χ1v) is 10.8. The highest BCUT2D eigenvalue weighted by atomic mass is 19.1. The summed E-state index contributed by atoms with van der Waals surface area (Å²) in [6.45, 7) is 3.96. The number of pyridine rings is 2. The van der Waals surface area contributed by atoms with E-state index in [9.17, 15) is 13.6 Å². The number of nitrogens with zero attached hydrogens (tertiary/aromatic N) is 2. The summed E-state index contributed by atoms with van der Waals surface area (Å²) in [5, 5.41) is 2.86. The van der Waals surface area contributed by atoms with Crippen molar-refractivity contribution in [2.75, 3.05) is 5.32 Å². The fourth-order valence-electron chi connectivity index (χ4n) is 4.54. The summed E-state index contributed by atoms with van der Waals surface area (Å²) < 4.78 is 28.8. The Morgan fingerprint density at radius 1 is 1.09 bits per heavy atom. The Bertz CT molecular complexity index is 1140. The second-order valence-corrected chi connectivity index (χ2v) is 8.70. The number of benzene rings is 1. The molecule has 3 atom stereocenters. The van der Waals surface area contributed by atoms with Crippen molar-refractivity contribution in [2.24, 2.45) is 11.7 Å². The van der Waals surface area contributed by atoms with Gasteiger partial charge in [-0.15, -0.1) is 0 Å². The van der Waals surface area contributed by atoms with Gasteiger partial charge in [0.15, 0.2) is 0 Å². The molecular formula is C25H26F2N4O. The quantitative estimate of drug-likeness (QED) is 0.588. The highest BCUT2D eigenvalue weighted by molar-refractivity contribution is 6.03. The Hall–Kier alpha value is -3.19. The largest absolute Gasteiger partial charge is 0.328 e. The van der Waals surface area contributed by atoms with Crippen molar-refractivity contribution in [3.63, 3.8) is 0 Å². The van der Waals surface area contributed by atoms with Crippen molar-refractivity contribution in [1.82, 2.24) is 9.97 Å². The average Bonchev–Trinajstić information content (AvgIpc) is 2.75. The molecule has 1 amide bonds. The van der Waals surface area contributed by atoms with Gasteiger partial charge in [-0.2, -0.15) is 0 Å². The molecule has 7 heteroatoms. The zero-order valence-corrected chi connectivity index (χ0v) is 18.1. The Kier molecular flexibility index (Phi) is 6.28. The van der Waals surface area contributed by atoms with Crippen molar-refractivity contribution in [1.29, 1.82) is 0 Å². The van der Waals surface area contributed by atoms with Gasteiger partial charge in [-0.05, 0) is 73.9 Å². The molecule has 5 nitrogen and oxygen atoms in total. The Labute approximate surface area is 186 Å². The van der Waals surface area contributed by atoms with Crippen LogP contribution in [-0.4, -0.2) is 21.9 Å². The van der Waals surface area contributed by atoms with Gasteiger partial charge in [-0.25, -0.2) is 13.8 Å². The molecule has 1 aromatic carbocycles. The van der Waals surface area contributed by atoms with E-state index in [1.54, 1.807) is 25.4 Å². The number of hydrogen-bond donors (Lipinski definition) is 2. The molecule has 1 aliphatic carbocycles. The van der Waals surface area contributed by atoms with Gasteiger partial charge in [-0.3, -0.25) is 9.78 Å². The molecule has 0 aliphatic heterocycles. The Morgan fingerprint density at radius 2 is 1.88 bits per heavy atom. The smallest absolute Gasteiger partial charge is 0.274 e. The molecule has 0 radical (unpaired) electrons. The van der Waals surface area contributed by atoms with Crippen molar-refractivity contribution in [3.05, 3.63) is 77.2 Å². The van der Waals surface area contributed by atoms with Crippen LogP contribution in [-0.2, 0) is 0 Å². The molecule has 3 aromatic rings. The van der Waals surface area contributed by atoms with Gasteiger partial charge >= 0.3 is 0 Å². The Morgan fingerprint density at radius 3 is 2.66 bits per heavy atom. The minimum Gasteiger partial charge on any atom is -0.328 e. The molecule has 166 valence electrons. The van der Waals surface area contributed by atoms with E-state index < -0.39 is 17.5 Å². The average molecular weight is 437 g/mol. The number of aryl methyl sites for hydroxylation is 1. The van der Waals surface area contributed by atoms with Gasteiger partial charge < -0.3 is 11.1 Å². The summed E-state index contributed by atoms with van der Waals surface area (Å²) >= 11 is 0. The fourth-order valence-corrected chi connectivity index (χ4v) is 4.54. The molecule has 4 rings (SSSR count). The van der Waals surface area contributed by atoms with Crippen LogP contribution in [0.4, 0.5) is 14.5 Å². The number of hydrogen-bond acceptors (Lipinski definition) is 4. The lowest BCUT2D eigenvalue weighted by Gasteiger charge is -2.32. The SMILES string of the molecule is Cc1ccc(F)c(-c2nc(C(=O)Nc3cnccc3C3CC(C)CC(N)C3)ccc2F)c1. The summed E-state index contributed by atoms with van der Waals surface area (Å²) in [6, 6.07) is 8.80.